The van der Waals surface area contributed by atoms with Crippen molar-refractivity contribution in [2.45, 2.75) is 71.6 Å². The predicted molar refractivity (Wildman–Crippen MR) is 184 cm³/mol. The average molecular weight is 655 g/mol. The highest BCUT2D eigenvalue weighted by Crippen LogP contribution is 2.40. The van der Waals surface area contributed by atoms with Gasteiger partial charge in [0.15, 0.2) is 5.82 Å². The lowest BCUT2D eigenvalue weighted by Gasteiger charge is -2.34. The number of imidazole rings is 1. The van der Waals surface area contributed by atoms with Gasteiger partial charge >= 0.3 is 6.09 Å². The van der Waals surface area contributed by atoms with Crippen molar-refractivity contribution in [3.63, 3.8) is 0 Å². The van der Waals surface area contributed by atoms with Gasteiger partial charge in [-0.25, -0.2) is 9.78 Å². The predicted octanol–water partition coefficient (Wildman–Crippen LogP) is 5.37. The second-order valence-electron chi connectivity index (χ2n) is 14.9. The van der Waals surface area contributed by atoms with Crippen molar-refractivity contribution >= 4 is 39.8 Å². The number of aryl methyl sites for hydroxylation is 1. The number of nitrogens with zero attached hydrogens (tertiary/aromatic N) is 5. The molecule has 11 heteroatoms. The summed E-state index contributed by atoms with van der Waals surface area (Å²) < 4.78 is 16.4. The molecular weight excluding hydrogens is 608 g/mol. The summed E-state index contributed by atoms with van der Waals surface area (Å²) in [6.45, 7) is 10.5. The minimum atomic E-state index is -0.587. The zero-order valence-electron chi connectivity index (χ0n) is 28.8. The fourth-order valence-corrected chi connectivity index (χ4v) is 6.90. The van der Waals surface area contributed by atoms with Gasteiger partial charge in [0.1, 0.15) is 11.4 Å². The number of amides is 3. The normalized spacial score (nSPS) is 18.7. The number of likely N-dealkylation sites (N-methyl/N-ethyl adjacent to an activating group) is 1. The fraction of sp³-hybridized carbons (Fsp3) is 0.514. The number of hydrogen-bond donors (Lipinski definition) is 1. The number of rotatable bonds is 9. The number of nitrogens with one attached hydrogen (secondary N) is 1. The first kappa shape index (κ1) is 32.0. The van der Waals surface area contributed by atoms with Gasteiger partial charge in [0, 0.05) is 69.6 Å². The lowest BCUT2D eigenvalue weighted by molar-refractivity contribution is -0.119. The van der Waals surface area contributed by atoms with Crippen molar-refractivity contribution in [2.24, 2.45) is 18.9 Å². The summed E-state index contributed by atoms with van der Waals surface area (Å²) in [5.41, 5.74) is 4.93. The number of benzene rings is 2. The molecule has 4 heterocycles. The van der Waals surface area contributed by atoms with Gasteiger partial charge in [-0.1, -0.05) is 12.1 Å². The van der Waals surface area contributed by atoms with E-state index in [4.69, 9.17) is 14.5 Å². The molecule has 3 aliphatic rings. The highest BCUT2D eigenvalue weighted by atomic mass is 16.6. The summed E-state index contributed by atoms with van der Waals surface area (Å²) in [5.74, 6) is 2.49. The van der Waals surface area contributed by atoms with Crippen LogP contribution in [-0.2, 0) is 29.5 Å². The number of fused-ring (bicyclic) bond motifs is 3. The van der Waals surface area contributed by atoms with E-state index in [0.29, 0.717) is 44.1 Å². The van der Waals surface area contributed by atoms with Crippen LogP contribution in [0.5, 0.6) is 5.75 Å². The summed E-state index contributed by atoms with van der Waals surface area (Å²) in [4.78, 5) is 46.7. The highest BCUT2D eigenvalue weighted by molar-refractivity contribution is 6.01. The maximum Gasteiger partial charge on any atom is 0.410 e. The Bertz CT molecular complexity index is 1910. The molecule has 4 aromatic rings. The van der Waals surface area contributed by atoms with Crippen LogP contribution in [0.1, 0.15) is 62.9 Å². The summed E-state index contributed by atoms with van der Waals surface area (Å²) in [6, 6.07) is 12.2. The molecule has 1 aliphatic carbocycles. The number of aromatic nitrogens is 3. The van der Waals surface area contributed by atoms with Gasteiger partial charge in [-0.2, -0.15) is 0 Å². The van der Waals surface area contributed by atoms with Crippen LogP contribution in [-0.4, -0.2) is 86.8 Å². The van der Waals surface area contributed by atoms with Gasteiger partial charge in [0.2, 0.25) is 5.91 Å². The molecule has 1 saturated heterocycles. The molecule has 2 aliphatic heterocycles. The topological polar surface area (TPSA) is 111 Å². The summed E-state index contributed by atoms with van der Waals surface area (Å²) >= 11 is 0. The van der Waals surface area contributed by atoms with E-state index in [1.165, 1.54) is 12.8 Å². The van der Waals surface area contributed by atoms with Gasteiger partial charge in [-0.3, -0.25) is 9.59 Å². The van der Waals surface area contributed by atoms with Crippen molar-refractivity contribution in [1.29, 1.82) is 0 Å². The van der Waals surface area contributed by atoms with Gasteiger partial charge in [0.05, 0.1) is 28.9 Å². The zero-order chi connectivity index (χ0) is 33.9. The van der Waals surface area contributed by atoms with Crippen LogP contribution in [0.25, 0.3) is 33.5 Å². The monoisotopic (exact) mass is 654 g/mol. The largest absolute Gasteiger partial charge is 0.491 e. The maximum absolute atomic E-state index is 13.8. The molecule has 1 N–H and O–H groups in total. The molecule has 2 aromatic carbocycles. The maximum atomic E-state index is 13.8. The number of para-hydroxylation sites is 1. The van der Waals surface area contributed by atoms with Crippen LogP contribution in [0.15, 0.2) is 36.4 Å². The third kappa shape index (κ3) is 6.22. The van der Waals surface area contributed by atoms with Crippen LogP contribution in [0.2, 0.25) is 0 Å². The van der Waals surface area contributed by atoms with E-state index in [2.05, 4.69) is 32.7 Å². The Kier molecular flexibility index (Phi) is 8.12. The van der Waals surface area contributed by atoms with E-state index in [1.807, 2.05) is 57.8 Å². The van der Waals surface area contributed by atoms with Crippen molar-refractivity contribution in [3.8, 4) is 17.3 Å². The molecule has 11 nitrogen and oxygen atoms in total. The van der Waals surface area contributed by atoms with Crippen molar-refractivity contribution in [3.05, 3.63) is 47.5 Å². The zero-order valence-corrected chi connectivity index (χ0v) is 28.8. The van der Waals surface area contributed by atoms with E-state index < -0.39 is 11.7 Å². The van der Waals surface area contributed by atoms with E-state index in [9.17, 15) is 14.4 Å². The molecule has 254 valence electrons. The molecular formula is C37H46N6O5. The minimum Gasteiger partial charge on any atom is -0.491 e. The molecule has 2 aromatic heterocycles. The first-order valence-corrected chi connectivity index (χ1v) is 17.1. The Morgan fingerprint density at radius 1 is 1.15 bits per heavy atom. The van der Waals surface area contributed by atoms with Crippen molar-refractivity contribution < 1.29 is 23.9 Å². The Hall–Kier alpha value is -4.54. The van der Waals surface area contributed by atoms with E-state index in [1.54, 1.807) is 11.9 Å². The third-order valence-corrected chi connectivity index (χ3v) is 9.89. The lowest BCUT2D eigenvalue weighted by atomic mass is 9.97. The lowest BCUT2D eigenvalue weighted by Crippen LogP contribution is -2.48. The smallest absolute Gasteiger partial charge is 0.410 e. The second kappa shape index (κ2) is 12.2. The summed E-state index contributed by atoms with van der Waals surface area (Å²) in [6.07, 6.45) is 3.24. The highest BCUT2D eigenvalue weighted by Gasteiger charge is 2.31. The number of carbonyl (C=O) groups is 3. The molecule has 0 radical (unpaired) electrons. The second-order valence-corrected chi connectivity index (χ2v) is 14.9. The van der Waals surface area contributed by atoms with Gasteiger partial charge < -0.3 is 33.7 Å². The van der Waals surface area contributed by atoms with E-state index >= 15 is 0 Å². The molecule has 3 amide bonds. The van der Waals surface area contributed by atoms with Crippen LogP contribution in [0.4, 0.5) is 4.79 Å². The molecule has 7 rings (SSSR count). The fourth-order valence-electron chi connectivity index (χ4n) is 6.90. The van der Waals surface area contributed by atoms with Gasteiger partial charge in [-0.15, -0.1) is 0 Å². The van der Waals surface area contributed by atoms with E-state index in [0.717, 1.165) is 57.7 Å². The molecule has 2 fully saturated rings. The first-order chi connectivity index (χ1) is 22.9. The molecule has 2 atom stereocenters. The van der Waals surface area contributed by atoms with Gasteiger partial charge in [-0.05, 0) is 82.7 Å². The summed E-state index contributed by atoms with van der Waals surface area (Å²) in [7, 11) is 3.76. The average Bonchev–Trinajstić information content (AvgIpc) is 3.52. The standard InChI is InChI=1S/C37H46N6O5/c1-22(40(5)36(46)48-37(2,3)4)19-42-13-12-25-15-29-28(17-27(25)35(42)45)39-34(41(29)6)30-16-26-8-7-9-31(33(26)43(30)20-23-10-11-23)47-21-24-14-32(44)38-18-24/h7-9,15-17,22-24H,10-14,18-21H2,1-6H3,(H,38,44)/t22-,24?/m1/s1. The van der Waals surface area contributed by atoms with Crippen LogP contribution >= 0.6 is 0 Å². The van der Waals surface area contributed by atoms with Crippen LogP contribution in [0, 0.1) is 11.8 Å². The van der Waals surface area contributed by atoms with Crippen LogP contribution < -0.4 is 10.1 Å². The Morgan fingerprint density at radius 3 is 2.65 bits per heavy atom. The first-order valence-electron chi connectivity index (χ1n) is 17.1. The van der Waals surface area contributed by atoms with Crippen molar-refractivity contribution in [1.82, 2.24) is 29.2 Å². The summed E-state index contributed by atoms with van der Waals surface area (Å²) in [5, 5.41) is 3.99. The van der Waals surface area contributed by atoms with E-state index in [-0.39, 0.29) is 23.8 Å². The quantitative estimate of drug-likeness (QED) is 0.260. The Morgan fingerprint density at radius 2 is 1.94 bits per heavy atom. The molecule has 48 heavy (non-hydrogen) atoms. The molecule has 0 bridgehead atoms. The SMILES string of the molecule is C[C@H](CN1CCc2cc3c(cc2C1=O)nc(-c1cc2cccc(OCC4CNC(=O)C4)c2n1CC1CC1)n3C)N(C)C(=O)OC(C)(C)C. The van der Waals surface area contributed by atoms with Crippen molar-refractivity contribution in [2.75, 3.05) is 33.3 Å². The Balaban J connectivity index is 1.18. The van der Waals surface area contributed by atoms with Gasteiger partial charge in [0.25, 0.3) is 5.91 Å². The number of carbonyl (C=O) groups excluding carboxylic acids is 3. The molecule has 1 unspecified atom stereocenters. The number of ether oxygens (including phenoxy) is 2. The minimum absolute atomic E-state index is 0.0430. The number of hydrogen-bond acceptors (Lipinski definition) is 6. The molecule has 1 saturated carbocycles. The Labute approximate surface area is 281 Å². The third-order valence-electron chi connectivity index (χ3n) is 9.89. The van der Waals surface area contributed by atoms with Crippen LogP contribution in [0.3, 0.4) is 0 Å². The molecule has 0 spiro atoms.